The summed E-state index contributed by atoms with van der Waals surface area (Å²) in [6, 6.07) is 0. The van der Waals surface area contributed by atoms with Gasteiger partial charge >= 0.3 is 23.9 Å². The Morgan fingerprint density at radius 2 is 1.05 bits per heavy atom. The maximum absolute atomic E-state index is 10.6. The lowest BCUT2D eigenvalue weighted by molar-refractivity contribution is -0.153. The first kappa shape index (κ1) is 17.4. The first-order valence-corrected chi connectivity index (χ1v) is 5.50. The number of hydrogen-bond acceptors (Lipinski definition) is 4. The second kappa shape index (κ2) is 8.46. The lowest BCUT2D eigenvalue weighted by Crippen LogP contribution is -2.30. The van der Waals surface area contributed by atoms with Gasteiger partial charge in [-0.05, 0) is 12.8 Å². The van der Waals surface area contributed by atoms with E-state index < -0.39 is 35.7 Å². The lowest BCUT2D eigenvalue weighted by Gasteiger charge is -2.20. The number of carboxylic acid groups (broad SMARTS) is 4. The smallest absolute Gasteiger partial charge is 0.328 e. The molecule has 0 amide bonds. The van der Waals surface area contributed by atoms with Crippen LogP contribution in [0.5, 0.6) is 0 Å². The van der Waals surface area contributed by atoms with E-state index in [1.54, 1.807) is 12.2 Å². The average molecular weight is 286 g/mol. The van der Waals surface area contributed by atoms with Crippen LogP contribution in [0.1, 0.15) is 12.8 Å². The van der Waals surface area contributed by atoms with Gasteiger partial charge in [0.1, 0.15) is 0 Å². The van der Waals surface area contributed by atoms with Crippen molar-refractivity contribution in [3.63, 3.8) is 0 Å². The Kier molecular flexibility index (Phi) is 7.34. The van der Waals surface area contributed by atoms with Gasteiger partial charge in [0.25, 0.3) is 0 Å². The molecule has 0 aromatic carbocycles. The monoisotopic (exact) mass is 286 g/mol. The molecule has 0 aliphatic heterocycles. The highest BCUT2D eigenvalue weighted by Crippen LogP contribution is 2.25. The Morgan fingerprint density at radius 3 is 1.25 bits per heavy atom. The topological polar surface area (TPSA) is 149 Å². The standard InChI is InChI=1S/C8H10O4.C4H4O4/c9-7(10)5-3-1-2-4-6(5)8(11)12;5-3(6)1-2-4(7)8/h1-2,5-6H,3-4H2,(H,9,10)(H,11,12);1-2H,(H,5,6)(H,7,8)/b;2-1+. The van der Waals surface area contributed by atoms with E-state index >= 15 is 0 Å². The van der Waals surface area contributed by atoms with Crippen LogP contribution < -0.4 is 0 Å². The number of aliphatic carboxylic acids is 4. The number of hydrogen-bond donors (Lipinski definition) is 4. The fourth-order valence-corrected chi connectivity index (χ4v) is 1.50. The van der Waals surface area contributed by atoms with Gasteiger partial charge in [-0.25, -0.2) is 9.59 Å². The summed E-state index contributed by atoms with van der Waals surface area (Å²) >= 11 is 0. The zero-order chi connectivity index (χ0) is 15.7. The molecule has 1 aliphatic carbocycles. The molecule has 0 saturated heterocycles. The molecule has 0 fully saturated rings. The van der Waals surface area contributed by atoms with Crippen molar-refractivity contribution in [2.45, 2.75) is 12.8 Å². The van der Waals surface area contributed by atoms with Gasteiger partial charge in [0.05, 0.1) is 11.8 Å². The molecule has 0 saturated carbocycles. The Bertz CT molecular complexity index is 408. The zero-order valence-corrected chi connectivity index (χ0v) is 10.3. The predicted molar refractivity (Wildman–Crippen MR) is 65.0 cm³/mol. The maximum atomic E-state index is 10.6. The number of rotatable bonds is 4. The van der Waals surface area contributed by atoms with Crippen LogP contribution in [0, 0.1) is 11.8 Å². The van der Waals surface area contributed by atoms with Gasteiger partial charge in [-0.3, -0.25) is 9.59 Å². The van der Waals surface area contributed by atoms with Crippen LogP contribution in [0.15, 0.2) is 24.3 Å². The number of carbonyl (C=O) groups is 4. The third-order valence-electron chi connectivity index (χ3n) is 2.44. The highest BCUT2D eigenvalue weighted by atomic mass is 16.4. The first-order valence-electron chi connectivity index (χ1n) is 5.50. The molecule has 8 nitrogen and oxygen atoms in total. The van der Waals surface area contributed by atoms with E-state index in [4.69, 9.17) is 20.4 Å². The van der Waals surface area contributed by atoms with E-state index in [1.807, 2.05) is 0 Å². The summed E-state index contributed by atoms with van der Waals surface area (Å²) in [5, 5.41) is 32.9. The van der Waals surface area contributed by atoms with E-state index in [2.05, 4.69) is 0 Å². The second-order valence-electron chi connectivity index (χ2n) is 3.84. The van der Waals surface area contributed by atoms with E-state index in [-0.39, 0.29) is 0 Å². The van der Waals surface area contributed by atoms with Crippen LogP contribution in [0.2, 0.25) is 0 Å². The molecule has 0 spiro atoms. The van der Waals surface area contributed by atoms with Crippen LogP contribution in [0.4, 0.5) is 0 Å². The maximum Gasteiger partial charge on any atom is 0.328 e. The van der Waals surface area contributed by atoms with Crippen molar-refractivity contribution < 1.29 is 39.6 Å². The van der Waals surface area contributed by atoms with Crippen molar-refractivity contribution in [2.75, 3.05) is 0 Å². The highest BCUT2D eigenvalue weighted by molar-refractivity contribution is 5.89. The van der Waals surface area contributed by atoms with Crippen molar-refractivity contribution in [3.05, 3.63) is 24.3 Å². The normalized spacial score (nSPS) is 20.8. The summed E-state index contributed by atoms with van der Waals surface area (Å²) < 4.78 is 0. The molecule has 1 aliphatic rings. The van der Waals surface area contributed by atoms with Gasteiger partial charge in [-0.1, -0.05) is 12.2 Å². The van der Waals surface area contributed by atoms with Crippen LogP contribution in [-0.4, -0.2) is 44.3 Å². The molecule has 0 heterocycles. The largest absolute Gasteiger partial charge is 0.481 e. The molecule has 110 valence electrons. The number of allylic oxidation sites excluding steroid dienone is 2. The molecule has 2 atom stereocenters. The van der Waals surface area contributed by atoms with Gasteiger partial charge < -0.3 is 20.4 Å². The van der Waals surface area contributed by atoms with Crippen molar-refractivity contribution in [1.29, 1.82) is 0 Å². The van der Waals surface area contributed by atoms with E-state index in [0.29, 0.717) is 25.0 Å². The molecule has 1 rings (SSSR count). The summed E-state index contributed by atoms with van der Waals surface area (Å²) in [5.74, 6) is -6.07. The Balaban J connectivity index is 0.000000396. The van der Waals surface area contributed by atoms with Crippen molar-refractivity contribution >= 4 is 23.9 Å². The summed E-state index contributed by atoms with van der Waals surface area (Å²) in [5.41, 5.74) is 0. The minimum atomic E-state index is -1.26. The summed E-state index contributed by atoms with van der Waals surface area (Å²) in [4.78, 5) is 40.3. The van der Waals surface area contributed by atoms with Gasteiger partial charge in [-0.2, -0.15) is 0 Å². The molecule has 20 heavy (non-hydrogen) atoms. The van der Waals surface area contributed by atoms with Gasteiger partial charge in [0.2, 0.25) is 0 Å². The summed E-state index contributed by atoms with van der Waals surface area (Å²) in [7, 11) is 0. The quantitative estimate of drug-likeness (QED) is 0.429. The summed E-state index contributed by atoms with van der Waals surface area (Å²) in [6.45, 7) is 0. The molecule has 0 bridgehead atoms. The second-order valence-corrected chi connectivity index (χ2v) is 3.84. The first-order chi connectivity index (χ1) is 9.25. The van der Waals surface area contributed by atoms with E-state index in [1.165, 1.54) is 0 Å². The molecule has 0 radical (unpaired) electrons. The summed E-state index contributed by atoms with van der Waals surface area (Å²) in [6.07, 6.45) is 5.21. The van der Waals surface area contributed by atoms with Gasteiger partial charge in [0.15, 0.2) is 0 Å². The molecular formula is C12H14O8. The predicted octanol–water partition coefficient (Wildman–Crippen LogP) is 0.450. The zero-order valence-electron chi connectivity index (χ0n) is 10.3. The Hall–Kier alpha value is -2.64. The van der Waals surface area contributed by atoms with Crippen molar-refractivity contribution in [2.24, 2.45) is 11.8 Å². The molecule has 8 heteroatoms. The van der Waals surface area contributed by atoms with Crippen molar-refractivity contribution in [1.82, 2.24) is 0 Å². The van der Waals surface area contributed by atoms with Crippen molar-refractivity contribution in [3.8, 4) is 0 Å². The third kappa shape index (κ3) is 6.94. The Morgan fingerprint density at radius 1 is 0.750 bits per heavy atom. The van der Waals surface area contributed by atoms with Gasteiger partial charge in [-0.15, -0.1) is 0 Å². The van der Waals surface area contributed by atoms with Gasteiger partial charge in [0, 0.05) is 12.2 Å². The fraction of sp³-hybridized carbons (Fsp3) is 0.333. The third-order valence-corrected chi connectivity index (χ3v) is 2.44. The molecular weight excluding hydrogens is 272 g/mol. The van der Waals surface area contributed by atoms with E-state index in [9.17, 15) is 19.2 Å². The molecule has 0 aromatic heterocycles. The highest BCUT2D eigenvalue weighted by Gasteiger charge is 2.33. The molecule has 2 unspecified atom stereocenters. The minimum absolute atomic E-state index is 0.326. The Labute approximate surface area is 113 Å². The van der Waals surface area contributed by atoms with Crippen LogP contribution in [-0.2, 0) is 19.2 Å². The SMILES string of the molecule is O=C(O)/C=C/C(=O)O.O=C(O)C1CC=CCC1C(=O)O. The lowest BCUT2D eigenvalue weighted by atomic mass is 9.83. The minimum Gasteiger partial charge on any atom is -0.481 e. The van der Waals surface area contributed by atoms with E-state index in [0.717, 1.165) is 0 Å². The van der Waals surface area contributed by atoms with Crippen LogP contribution in [0.25, 0.3) is 0 Å². The van der Waals surface area contributed by atoms with Crippen LogP contribution in [0.3, 0.4) is 0 Å². The van der Waals surface area contributed by atoms with Crippen LogP contribution >= 0.6 is 0 Å². The fourth-order valence-electron chi connectivity index (χ4n) is 1.50. The number of carboxylic acids is 4. The molecule has 4 N–H and O–H groups in total. The average Bonchev–Trinajstić information content (AvgIpc) is 2.37. The molecule has 0 aromatic rings.